The first kappa shape index (κ1) is 16.8. The number of amides is 1. The Kier molecular flexibility index (Phi) is 5.47. The molecule has 22 heavy (non-hydrogen) atoms. The van der Waals surface area contributed by atoms with Crippen LogP contribution in [0.15, 0.2) is 12.3 Å². The van der Waals surface area contributed by atoms with Crippen molar-refractivity contribution in [1.82, 2.24) is 14.5 Å². The molecule has 1 aliphatic heterocycles. The first-order valence-electron chi connectivity index (χ1n) is 7.54. The number of anilines is 1. The van der Waals surface area contributed by atoms with Gasteiger partial charge in [-0.2, -0.15) is 14.5 Å². The van der Waals surface area contributed by atoms with Crippen LogP contribution >= 0.6 is 0 Å². The van der Waals surface area contributed by atoms with Crippen LogP contribution in [0.1, 0.15) is 38.3 Å². The molecule has 8 heteroatoms. The highest BCUT2D eigenvalue weighted by molar-refractivity contribution is 7.89. The minimum Gasteiger partial charge on any atom is -0.323 e. The predicted octanol–water partition coefficient (Wildman–Crippen LogP) is 1.32. The molecule has 1 aliphatic rings. The van der Waals surface area contributed by atoms with Crippen molar-refractivity contribution in [2.24, 2.45) is 0 Å². The number of aryl methyl sites for hydroxylation is 1. The van der Waals surface area contributed by atoms with Crippen LogP contribution in [0.25, 0.3) is 0 Å². The lowest BCUT2D eigenvalue weighted by atomic mass is 10.2. The molecule has 0 bridgehead atoms. The summed E-state index contributed by atoms with van der Waals surface area (Å²) in [5.41, 5.74) is 1.17. The maximum Gasteiger partial charge on any atom is 0.242 e. The number of carbonyl (C=O) groups is 1. The summed E-state index contributed by atoms with van der Waals surface area (Å²) in [6, 6.07) is 1.03. The number of rotatable bonds is 6. The van der Waals surface area contributed by atoms with Crippen molar-refractivity contribution in [1.29, 1.82) is 0 Å². The zero-order chi connectivity index (χ0) is 16.2. The van der Waals surface area contributed by atoms with Gasteiger partial charge in [0.1, 0.15) is 6.04 Å². The Morgan fingerprint density at radius 1 is 1.50 bits per heavy atom. The van der Waals surface area contributed by atoms with Crippen molar-refractivity contribution < 1.29 is 13.2 Å². The number of sulfonamides is 1. The Bertz CT molecular complexity index is 633. The molecule has 0 aromatic carbocycles. The first-order valence-corrected chi connectivity index (χ1v) is 9.15. The molecule has 0 spiro atoms. The van der Waals surface area contributed by atoms with E-state index in [0.29, 0.717) is 37.2 Å². The van der Waals surface area contributed by atoms with Gasteiger partial charge in [-0.1, -0.05) is 13.3 Å². The summed E-state index contributed by atoms with van der Waals surface area (Å²) < 4.78 is 26.0. The van der Waals surface area contributed by atoms with Crippen molar-refractivity contribution in [3.63, 3.8) is 0 Å². The van der Waals surface area contributed by atoms with E-state index in [9.17, 15) is 13.2 Å². The number of nitrogens with zero attached hydrogens (tertiary/aromatic N) is 3. The molecule has 2 rings (SSSR count). The average molecular weight is 326 g/mol. The van der Waals surface area contributed by atoms with Crippen LogP contribution in [0.5, 0.6) is 0 Å². The van der Waals surface area contributed by atoms with E-state index in [4.69, 9.17) is 0 Å². The van der Waals surface area contributed by atoms with Gasteiger partial charge < -0.3 is 5.32 Å². The van der Waals surface area contributed by atoms with Gasteiger partial charge in [0.15, 0.2) is 0 Å². The topological polar surface area (TPSA) is 92.3 Å². The molecule has 0 radical (unpaired) electrons. The van der Waals surface area contributed by atoms with Crippen LogP contribution in [0.4, 0.5) is 5.69 Å². The fourth-order valence-corrected chi connectivity index (χ4v) is 4.41. The first-order chi connectivity index (χ1) is 10.5. The largest absolute Gasteiger partial charge is 0.323 e. The molecule has 1 atom stereocenters. The SMILES string of the molecule is CCCCS(=O)(=O)N1CCCC1C(=O)Nc1ccnnc1C. The number of hydrogen-bond donors (Lipinski definition) is 1. The zero-order valence-corrected chi connectivity index (χ0v) is 13.8. The van der Waals surface area contributed by atoms with Gasteiger partial charge in [0.2, 0.25) is 15.9 Å². The van der Waals surface area contributed by atoms with E-state index < -0.39 is 16.1 Å². The molecule has 1 saturated heterocycles. The Hall–Kier alpha value is -1.54. The quantitative estimate of drug-likeness (QED) is 0.851. The lowest BCUT2D eigenvalue weighted by molar-refractivity contribution is -0.119. The lowest BCUT2D eigenvalue weighted by Gasteiger charge is -2.23. The zero-order valence-electron chi connectivity index (χ0n) is 12.9. The van der Waals surface area contributed by atoms with Gasteiger partial charge in [-0.15, -0.1) is 0 Å². The molecule has 1 amide bonds. The second-order valence-corrected chi connectivity index (χ2v) is 7.50. The highest BCUT2D eigenvalue weighted by Crippen LogP contribution is 2.23. The van der Waals surface area contributed by atoms with Crippen LogP contribution < -0.4 is 5.32 Å². The van der Waals surface area contributed by atoms with Gasteiger partial charge >= 0.3 is 0 Å². The number of hydrogen-bond acceptors (Lipinski definition) is 5. The molecule has 1 fully saturated rings. The lowest BCUT2D eigenvalue weighted by Crippen LogP contribution is -2.44. The Labute approximate surface area is 131 Å². The third kappa shape index (κ3) is 3.80. The maximum atomic E-state index is 12.4. The summed E-state index contributed by atoms with van der Waals surface area (Å²) in [4.78, 5) is 12.4. The summed E-state index contributed by atoms with van der Waals surface area (Å²) in [5, 5.41) is 10.4. The van der Waals surface area contributed by atoms with Crippen molar-refractivity contribution in [2.75, 3.05) is 17.6 Å². The van der Waals surface area contributed by atoms with Crippen molar-refractivity contribution in [2.45, 2.75) is 45.6 Å². The van der Waals surface area contributed by atoms with Crippen molar-refractivity contribution >= 4 is 21.6 Å². The minimum absolute atomic E-state index is 0.100. The molecule has 1 N–H and O–H groups in total. The molecular formula is C14H22N4O3S. The van der Waals surface area contributed by atoms with Gasteiger partial charge in [0.05, 0.1) is 23.3 Å². The number of carbonyl (C=O) groups excluding carboxylic acids is 1. The maximum absolute atomic E-state index is 12.4. The van der Waals surface area contributed by atoms with Gasteiger partial charge in [-0.3, -0.25) is 4.79 Å². The monoisotopic (exact) mass is 326 g/mol. The molecular weight excluding hydrogens is 304 g/mol. The van der Waals surface area contributed by atoms with E-state index in [1.165, 1.54) is 10.5 Å². The van der Waals surface area contributed by atoms with Crippen LogP contribution in [-0.2, 0) is 14.8 Å². The number of unbranched alkanes of at least 4 members (excludes halogenated alkanes) is 1. The van der Waals surface area contributed by atoms with Crippen LogP contribution in [0.3, 0.4) is 0 Å². The highest BCUT2D eigenvalue weighted by atomic mass is 32.2. The fourth-order valence-electron chi connectivity index (χ4n) is 2.53. The van der Waals surface area contributed by atoms with Gasteiger partial charge in [0, 0.05) is 6.54 Å². The van der Waals surface area contributed by atoms with Crippen LogP contribution in [0, 0.1) is 6.92 Å². The number of aromatic nitrogens is 2. The minimum atomic E-state index is -3.37. The molecule has 0 saturated carbocycles. The molecule has 0 aliphatic carbocycles. The third-order valence-electron chi connectivity index (χ3n) is 3.78. The summed E-state index contributed by atoms with van der Waals surface area (Å²) in [7, 11) is -3.37. The number of nitrogens with one attached hydrogen (secondary N) is 1. The molecule has 7 nitrogen and oxygen atoms in total. The van der Waals surface area contributed by atoms with E-state index in [-0.39, 0.29) is 11.7 Å². The molecule has 122 valence electrons. The van der Waals surface area contributed by atoms with E-state index >= 15 is 0 Å². The molecule has 1 aromatic rings. The Morgan fingerprint density at radius 3 is 2.95 bits per heavy atom. The fraction of sp³-hybridized carbons (Fsp3) is 0.643. The normalized spacial score (nSPS) is 19.3. The van der Waals surface area contributed by atoms with Crippen molar-refractivity contribution in [3.8, 4) is 0 Å². The third-order valence-corrected chi connectivity index (χ3v) is 5.74. The second-order valence-electron chi connectivity index (χ2n) is 5.46. The summed E-state index contributed by atoms with van der Waals surface area (Å²) >= 11 is 0. The van der Waals surface area contributed by atoms with E-state index in [1.807, 2.05) is 6.92 Å². The van der Waals surface area contributed by atoms with E-state index in [1.54, 1.807) is 13.0 Å². The van der Waals surface area contributed by atoms with E-state index in [0.717, 1.165) is 6.42 Å². The Morgan fingerprint density at radius 2 is 2.27 bits per heavy atom. The standard InChI is InChI=1S/C14H22N4O3S/c1-3-4-10-22(20,21)18-9-5-6-13(18)14(19)16-12-7-8-15-17-11(12)2/h7-8,13H,3-6,9-10H2,1-2H3,(H,15,16,19). The predicted molar refractivity (Wildman–Crippen MR) is 83.8 cm³/mol. The highest BCUT2D eigenvalue weighted by Gasteiger charge is 2.38. The molecule has 1 unspecified atom stereocenters. The smallest absolute Gasteiger partial charge is 0.242 e. The van der Waals surface area contributed by atoms with Gasteiger partial charge in [-0.25, -0.2) is 8.42 Å². The second kappa shape index (κ2) is 7.15. The summed E-state index contributed by atoms with van der Waals surface area (Å²) in [6.07, 6.45) is 4.17. The van der Waals surface area contributed by atoms with Crippen LogP contribution in [-0.4, -0.2) is 47.2 Å². The van der Waals surface area contributed by atoms with Gasteiger partial charge in [-0.05, 0) is 32.3 Å². The summed E-state index contributed by atoms with van der Waals surface area (Å²) in [6.45, 7) is 4.10. The molecule has 1 aromatic heterocycles. The summed E-state index contributed by atoms with van der Waals surface area (Å²) in [5.74, 6) is -0.197. The van der Waals surface area contributed by atoms with E-state index in [2.05, 4.69) is 15.5 Å². The Balaban J connectivity index is 2.10. The van der Waals surface area contributed by atoms with Crippen molar-refractivity contribution in [3.05, 3.63) is 18.0 Å². The van der Waals surface area contributed by atoms with Gasteiger partial charge in [0.25, 0.3) is 0 Å². The van der Waals surface area contributed by atoms with Crippen LogP contribution in [0.2, 0.25) is 0 Å². The average Bonchev–Trinajstić information content (AvgIpc) is 2.98. The molecule has 2 heterocycles.